The molecule has 0 N–H and O–H groups in total. The molecule has 5 nitrogen and oxygen atoms in total. The highest BCUT2D eigenvalue weighted by molar-refractivity contribution is 6.31. The number of nitro groups is 1. The molecule has 0 fully saturated rings. The van der Waals surface area contributed by atoms with Crippen LogP contribution in [0, 0.1) is 10.1 Å². The number of hydrogen-bond acceptors (Lipinski definition) is 4. The van der Waals surface area contributed by atoms with E-state index < -0.39 is 4.92 Å². The molecule has 0 atom stereocenters. The Bertz CT molecular complexity index is 804. The van der Waals surface area contributed by atoms with E-state index in [1.165, 1.54) is 12.1 Å². The first kappa shape index (κ1) is 12.6. The molecule has 0 saturated heterocycles. The van der Waals surface area contributed by atoms with Gasteiger partial charge in [0.15, 0.2) is 0 Å². The van der Waals surface area contributed by atoms with E-state index in [4.69, 9.17) is 11.6 Å². The summed E-state index contributed by atoms with van der Waals surface area (Å²) in [5.41, 5.74) is 0.459. The zero-order valence-electron chi connectivity index (χ0n) is 10.4. The quantitative estimate of drug-likeness (QED) is 0.628. The van der Waals surface area contributed by atoms with Gasteiger partial charge in [0.05, 0.1) is 10.3 Å². The number of hydrogen-bond donors (Lipinski definition) is 0. The number of anilines is 1. The van der Waals surface area contributed by atoms with E-state index in [-0.39, 0.29) is 5.69 Å². The molecule has 0 unspecified atom stereocenters. The van der Waals surface area contributed by atoms with Crippen LogP contribution in [0.2, 0.25) is 5.02 Å². The first-order valence-corrected chi connectivity index (χ1v) is 6.35. The highest BCUT2D eigenvalue weighted by atomic mass is 35.5. The SMILES string of the molecule is O=[N+]([O-])c1ccc(Cl)cc1N1C=c2ccccc2=NC1. The van der Waals surface area contributed by atoms with E-state index in [2.05, 4.69) is 4.99 Å². The lowest BCUT2D eigenvalue weighted by Gasteiger charge is -2.20. The Morgan fingerprint density at radius 2 is 2.05 bits per heavy atom. The molecule has 1 aliphatic rings. The zero-order chi connectivity index (χ0) is 14.1. The summed E-state index contributed by atoms with van der Waals surface area (Å²) in [5.74, 6) is 0. The number of nitro benzene ring substituents is 1. The number of rotatable bonds is 2. The smallest absolute Gasteiger partial charge is 0.293 e. The molecule has 0 aliphatic carbocycles. The van der Waals surface area contributed by atoms with Crippen LogP contribution < -0.4 is 15.5 Å². The summed E-state index contributed by atoms with van der Waals surface area (Å²) in [4.78, 5) is 16.8. The minimum absolute atomic E-state index is 0.0141. The number of para-hydroxylation sites is 1. The molecule has 0 aromatic heterocycles. The number of halogens is 1. The van der Waals surface area contributed by atoms with Gasteiger partial charge in [-0.1, -0.05) is 29.8 Å². The third kappa shape index (κ3) is 2.23. The van der Waals surface area contributed by atoms with Crippen LogP contribution in [0.3, 0.4) is 0 Å². The van der Waals surface area contributed by atoms with Crippen LogP contribution in [0.15, 0.2) is 47.5 Å². The molecule has 0 bridgehead atoms. The topological polar surface area (TPSA) is 58.7 Å². The van der Waals surface area contributed by atoms with Crippen molar-refractivity contribution < 1.29 is 4.92 Å². The third-order valence-corrected chi connectivity index (χ3v) is 3.30. The second-order valence-electron chi connectivity index (χ2n) is 4.35. The summed E-state index contributed by atoms with van der Waals surface area (Å²) in [5, 5.41) is 13.4. The summed E-state index contributed by atoms with van der Waals surface area (Å²) < 4.78 is 0. The standard InChI is InChI=1S/C14H10ClN3O2/c15-11-5-6-13(18(19)20)14(7-11)17-8-10-3-1-2-4-12(10)16-9-17/h1-8H,9H2. The van der Waals surface area contributed by atoms with Gasteiger partial charge in [-0.05, 0) is 18.2 Å². The lowest BCUT2D eigenvalue weighted by Crippen LogP contribution is -2.35. The van der Waals surface area contributed by atoms with Gasteiger partial charge in [-0.15, -0.1) is 0 Å². The third-order valence-electron chi connectivity index (χ3n) is 3.07. The molecular weight excluding hydrogens is 278 g/mol. The Labute approximate surface area is 119 Å². The molecule has 20 heavy (non-hydrogen) atoms. The Morgan fingerprint density at radius 1 is 1.25 bits per heavy atom. The molecule has 0 spiro atoms. The summed E-state index contributed by atoms with van der Waals surface area (Å²) in [6.45, 7) is 0.332. The normalized spacial score (nSPS) is 13.2. The van der Waals surface area contributed by atoms with Gasteiger partial charge in [0.1, 0.15) is 12.4 Å². The maximum absolute atomic E-state index is 11.1. The average molecular weight is 288 g/mol. The Morgan fingerprint density at radius 3 is 2.85 bits per heavy atom. The second kappa shape index (κ2) is 4.94. The molecule has 0 radical (unpaired) electrons. The van der Waals surface area contributed by atoms with E-state index in [0.29, 0.717) is 17.4 Å². The van der Waals surface area contributed by atoms with Crippen LogP contribution >= 0.6 is 11.6 Å². The Kier molecular flexibility index (Phi) is 3.12. The number of nitrogens with zero attached hydrogens (tertiary/aromatic N) is 3. The van der Waals surface area contributed by atoms with Gasteiger partial charge in [0, 0.05) is 22.5 Å². The van der Waals surface area contributed by atoms with E-state index in [9.17, 15) is 10.1 Å². The first-order valence-electron chi connectivity index (χ1n) is 5.97. The van der Waals surface area contributed by atoms with Crippen molar-refractivity contribution in [3.63, 3.8) is 0 Å². The molecule has 6 heteroatoms. The fraction of sp³-hybridized carbons (Fsp3) is 0.0714. The van der Waals surface area contributed by atoms with E-state index in [0.717, 1.165) is 10.6 Å². The van der Waals surface area contributed by atoms with Crippen molar-refractivity contribution in [3.05, 3.63) is 68.2 Å². The Balaban J connectivity index is 2.14. The van der Waals surface area contributed by atoms with Crippen molar-refractivity contribution >= 4 is 29.2 Å². The Hall–Kier alpha value is -2.40. The first-order chi connectivity index (χ1) is 9.65. The predicted octanol–water partition coefficient (Wildman–Crippen LogP) is 2.08. The van der Waals surface area contributed by atoms with Crippen LogP contribution in [-0.4, -0.2) is 11.6 Å². The van der Waals surface area contributed by atoms with Gasteiger partial charge in [0.2, 0.25) is 0 Å². The molecular formula is C14H10ClN3O2. The van der Waals surface area contributed by atoms with Crippen molar-refractivity contribution in [1.82, 2.24) is 0 Å². The van der Waals surface area contributed by atoms with Crippen LogP contribution in [0.5, 0.6) is 0 Å². The van der Waals surface area contributed by atoms with Gasteiger partial charge in [-0.25, -0.2) is 0 Å². The summed E-state index contributed by atoms with van der Waals surface area (Å²) in [7, 11) is 0. The molecule has 0 amide bonds. The summed E-state index contributed by atoms with van der Waals surface area (Å²) in [6, 6.07) is 12.1. The van der Waals surface area contributed by atoms with E-state index in [1.54, 1.807) is 11.0 Å². The molecule has 2 aromatic carbocycles. The van der Waals surface area contributed by atoms with Crippen LogP contribution in [0.4, 0.5) is 11.4 Å². The molecule has 1 aliphatic heterocycles. The lowest BCUT2D eigenvalue weighted by molar-refractivity contribution is -0.384. The summed E-state index contributed by atoms with van der Waals surface area (Å²) >= 11 is 5.95. The minimum atomic E-state index is -0.417. The van der Waals surface area contributed by atoms with Crippen molar-refractivity contribution in [1.29, 1.82) is 0 Å². The molecule has 0 saturated carbocycles. The van der Waals surface area contributed by atoms with Gasteiger partial charge in [0.25, 0.3) is 5.69 Å². The summed E-state index contributed by atoms with van der Waals surface area (Å²) in [6.07, 6.45) is 1.85. The van der Waals surface area contributed by atoms with Crippen molar-refractivity contribution in [2.75, 3.05) is 11.6 Å². The monoisotopic (exact) mass is 287 g/mol. The maximum atomic E-state index is 11.1. The van der Waals surface area contributed by atoms with Gasteiger partial charge >= 0.3 is 0 Å². The predicted molar refractivity (Wildman–Crippen MR) is 77.1 cm³/mol. The highest BCUT2D eigenvalue weighted by Gasteiger charge is 2.19. The van der Waals surface area contributed by atoms with Crippen molar-refractivity contribution in [3.8, 4) is 0 Å². The van der Waals surface area contributed by atoms with Crippen molar-refractivity contribution in [2.24, 2.45) is 4.99 Å². The zero-order valence-corrected chi connectivity index (χ0v) is 11.1. The minimum Gasteiger partial charge on any atom is -0.322 e. The number of benzene rings is 2. The average Bonchev–Trinajstić information content (AvgIpc) is 2.46. The van der Waals surface area contributed by atoms with E-state index >= 15 is 0 Å². The number of fused-ring (bicyclic) bond motifs is 1. The van der Waals surface area contributed by atoms with Crippen LogP contribution in [0.25, 0.3) is 6.20 Å². The second-order valence-corrected chi connectivity index (χ2v) is 4.78. The van der Waals surface area contributed by atoms with Gasteiger partial charge in [-0.3, -0.25) is 15.1 Å². The fourth-order valence-electron chi connectivity index (χ4n) is 2.13. The van der Waals surface area contributed by atoms with Crippen LogP contribution in [0.1, 0.15) is 0 Å². The largest absolute Gasteiger partial charge is 0.322 e. The van der Waals surface area contributed by atoms with Gasteiger partial charge in [-0.2, -0.15) is 0 Å². The molecule has 2 aromatic rings. The molecule has 3 rings (SSSR count). The maximum Gasteiger partial charge on any atom is 0.293 e. The van der Waals surface area contributed by atoms with Crippen LogP contribution in [-0.2, 0) is 0 Å². The highest BCUT2D eigenvalue weighted by Crippen LogP contribution is 2.31. The lowest BCUT2D eigenvalue weighted by atomic mass is 10.2. The molecule has 1 heterocycles. The molecule has 100 valence electrons. The van der Waals surface area contributed by atoms with Crippen molar-refractivity contribution in [2.45, 2.75) is 0 Å². The fourth-order valence-corrected chi connectivity index (χ4v) is 2.29. The van der Waals surface area contributed by atoms with Gasteiger partial charge < -0.3 is 4.90 Å². The van der Waals surface area contributed by atoms with E-state index in [1.807, 2.05) is 30.5 Å².